The van der Waals surface area contributed by atoms with Crippen molar-refractivity contribution in [2.75, 3.05) is 24.3 Å². The molecule has 0 aromatic heterocycles. The lowest BCUT2D eigenvalue weighted by molar-refractivity contribution is -0.121. The molecule has 5 heteroatoms. The van der Waals surface area contributed by atoms with Gasteiger partial charge in [-0.2, -0.15) is 0 Å². The van der Waals surface area contributed by atoms with Crippen molar-refractivity contribution in [1.82, 2.24) is 0 Å². The number of hydrogen-bond acceptors (Lipinski definition) is 4. The molecule has 21 heavy (non-hydrogen) atoms. The molecule has 114 valence electrons. The van der Waals surface area contributed by atoms with Gasteiger partial charge in [0.05, 0.1) is 11.4 Å². The lowest BCUT2D eigenvalue weighted by atomic mass is 9.82. The number of rotatable bonds is 2. The average Bonchev–Trinajstić information content (AvgIpc) is 2.48. The van der Waals surface area contributed by atoms with Gasteiger partial charge >= 0.3 is 0 Å². The lowest BCUT2D eigenvalue weighted by Gasteiger charge is -2.26. The van der Waals surface area contributed by atoms with Gasteiger partial charge in [0, 0.05) is 18.1 Å². The average molecular weight is 290 g/mol. The molecule has 3 rings (SSSR count). The maximum absolute atomic E-state index is 12.4. The largest absolute Gasteiger partial charge is 0.486 e. The SMILES string of the molecule is CC1CCC(C(=O)Nc2cc3c(cc2N)OCCO3)CC1. The van der Waals surface area contributed by atoms with Crippen LogP contribution in [0.3, 0.4) is 0 Å². The highest BCUT2D eigenvalue weighted by Crippen LogP contribution is 2.37. The van der Waals surface area contributed by atoms with Crippen LogP contribution in [0, 0.1) is 11.8 Å². The summed E-state index contributed by atoms with van der Waals surface area (Å²) in [6, 6.07) is 3.47. The summed E-state index contributed by atoms with van der Waals surface area (Å²) in [5.41, 5.74) is 7.12. The van der Waals surface area contributed by atoms with E-state index in [0.29, 0.717) is 36.1 Å². The molecule has 1 heterocycles. The van der Waals surface area contributed by atoms with Crippen LogP contribution in [0.5, 0.6) is 11.5 Å². The van der Waals surface area contributed by atoms with Crippen LogP contribution in [0.15, 0.2) is 12.1 Å². The van der Waals surface area contributed by atoms with Crippen molar-refractivity contribution in [1.29, 1.82) is 0 Å². The van der Waals surface area contributed by atoms with Crippen molar-refractivity contribution < 1.29 is 14.3 Å². The van der Waals surface area contributed by atoms with Gasteiger partial charge < -0.3 is 20.5 Å². The van der Waals surface area contributed by atoms with Crippen molar-refractivity contribution in [2.45, 2.75) is 32.6 Å². The summed E-state index contributed by atoms with van der Waals surface area (Å²) in [5.74, 6) is 2.17. The number of nitrogens with two attached hydrogens (primary N) is 1. The van der Waals surface area contributed by atoms with Gasteiger partial charge in [-0.3, -0.25) is 4.79 Å². The van der Waals surface area contributed by atoms with Crippen molar-refractivity contribution in [3.05, 3.63) is 12.1 Å². The molecule has 0 bridgehead atoms. The summed E-state index contributed by atoms with van der Waals surface area (Å²) in [6.45, 7) is 3.29. The highest BCUT2D eigenvalue weighted by molar-refractivity contribution is 5.96. The predicted octanol–water partition coefficient (Wildman–Crippen LogP) is 2.80. The van der Waals surface area contributed by atoms with Crippen LogP contribution in [0.1, 0.15) is 32.6 Å². The Bertz CT molecular complexity index is 537. The quantitative estimate of drug-likeness (QED) is 0.821. The Morgan fingerprint density at radius 1 is 1.14 bits per heavy atom. The Balaban J connectivity index is 1.71. The van der Waals surface area contributed by atoms with Gasteiger partial charge in [0.2, 0.25) is 5.91 Å². The highest BCUT2D eigenvalue weighted by Gasteiger charge is 2.25. The molecule has 0 atom stereocenters. The smallest absolute Gasteiger partial charge is 0.227 e. The summed E-state index contributed by atoms with van der Waals surface area (Å²) in [6.07, 6.45) is 4.15. The molecule has 5 nitrogen and oxygen atoms in total. The highest BCUT2D eigenvalue weighted by atomic mass is 16.6. The second kappa shape index (κ2) is 5.84. The van der Waals surface area contributed by atoms with Gasteiger partial charge in [-0.1, -0.05) is 6.92 Å². The molecule has 1 amide bonds. The van der Waals surface area contributed by atoms with E-state index in [-0.39, 0.29) is 11.8 Å². The van der Waals surface area contributed by atoms with Gasteiger partial charge in [0.25, 0.3) is 0 Å². The number of anilines is 2. The summed E-state index contributed by atoms with van der Waals surface area (Å²) >= 11 is 0. The van der Waals surface area contributed by atoms with Crippen molar-refractivity contribution >= 4 is 17.3 Å². The van der Waals surface area contributed by atoms with E-state index in [1.807, 2.05) is 0 Å². The van der Waals surface area contributed by atoms with Crippen LogP contribution >= 0.6 is 0 Å². The van der Waals surface area contributed by atoms with Gasteiger partial charge in [-0.05, 0) is 31.6 Å². The van der Waals surface area contributed by atoms with Gasteiger partial charge in [0.1, 0.15) is 13.2 Å². The first-order valence-electron chi connectivity index (χ1n) is 7.63. The third-order valence-electron chi connectivity index (χ3n) is 4.36. The molecule has 0 saturated heterocycles. The van der Waals surface area contributed by atoms with E-state index in [9.17, 15) is 4.79 Å². The second-order valence-electron chi connectivity index (χ2n) is 6.03. The number of amides is 1. The van der Waals surface area contributed by atoms with E-state index in [1.54, 1.807) is 12.1 Å². The molecule has 1 fully saturated rings. The van der Waals surface area contributed by atoms with Crippen molar-refractivity contribution in [3.63, 3.8) is 0 Å². The third kappa shape index (κ3) is 3.06. The van der Waals surface area contributed by atoms with E-state index in [0.717, 1.165) is 31.6 Å². The van der Waals surface area contributed by atoms with Crippen LogP contribution in [-0.2, 0) is 4.79 Å². The van der Waals surface area contributed by atoms with Crippen LogP contribution in [-0.4, -0.2) is 19.1 Å². The van der Waals surface area contributed by atoms with E-state index in [4.69, 9.17) is 15.2 Å². The second-order valence-corrected chi connectivity index (χ2v) is 6.03. The fourth-order valence-electron chi connectivity index (χ4n) is 2.97. The van der Waals surface area contributed by atoms with E-state index >= 15 is 0 Å². The number of nitrogens with one attached hydrogen (secondary N) is 1. The first-order valence-corrected chi connectivity index (χ1v) is 7.63. The Morgan fingerprint density at radius 2 is 1.76 bits per heavy atom. The normalized spacial score (nSPS) is 24.4. The summed E-state index contributed by atoms with van der Waals surface area (Å²) in [4.78, 5) is 12.4. The number of ether oxygens (including phenoxy) is 2. The van der Waals surface area contributed by atoms with E-state index in [1.165, 1.54) is 0 Å². The summed E-state index contributed by atoms with van der Waals surface area (Å²) in [7, 11) is 0. The minimum absolute atomic E-state index is 0.0604. The molecule has 0 radical (unpaired) electrons. The van der Waals surface area contributed by atoms with Gasteiger partial charge in [-0.15, -0.1) is 0 Å². The molecule has 1 saturated carbocycles. The zero-order valence-corrected chi connectivity index (χ0v) is 12.4. The lowest BCUT2D eigenvalue weighted by Crippen LogP contribution is -2.27. The first-order chi connectivity index (χ1) is 10.1. The van der Waals surface area contributed by atoms with Crippen LogP contribution in [0.4, 0.5) is 11.4 Å². The fraction of sp³-hybridized carbons (Fsp3) is 0.562. The zero-order valence-electron chi connectivity index (χ0n) is 12.4. The maximum Gasteiger partial charge on any atom is 0.227 e. The van der Waals surface area contributed by atoms with Crippen LogP contribution in [0.2, 0.25) is 0 Å². The van der Waals surface area contributed by atoms with E-state index in [2.05, 4.69) is 12.2 Å². The topological polar surface area (TPSA) is 73.6 Å². The Morgan fingerprint density at radius 3 is 2.43 bits per heavy atom. The van der Waals surface area contributed by atoms with Crippen LogP contribution < -0.4 is 20.5 Å². The summed E-state index contributed by atoms with van der Waals surface area (Å²) < 4.78 is 11.0. The number of nitrogen functional groups attached to an aromatic ring is 1. The standard InChI is InChI=1S/C16H22N2O3/c1-10-2-4-11(5-3-10)16(19)18-13-9-15-14(8-12(13)17)20-6-7-21-15/h8-11H,2-7,17H2,1H3,(H,18,19). The zero-order chi connectivity index (χ0) is 14.8. The molecule has 0 unspecified atom stereocenters. The van der Waals surface area contributed by atoms with Gasteiger partial charge in [-0.25, -0.2) is 0 Å². The first kappa shape index (κ1) is 14.0. The Kier molecular flexibility index (Phi) is 3.90. The third-order valence-corrected chi connectivity index (χ3v) is 4.36. The Hall–Kier alpha value is -1.91. The van der Waals surface area contributed by atoms with Gasteiger partial charge in [0.15, 0.2) is 11.5 Å². The molecule has 3 N–H and O–H groups in total. The molecule has 2 aliphatic rings. The summed E-state index contributed by atoms with van der Waals surface area (Å²) in [5, 5.41) is 2.95. The number of carbonyl (C=O) groups excluding carboxylic acids is 1. The minimum atomic E-state index is 0.0604. The molecular formula is C16H22N2O3. The van der Waals surface area contributed by atoms with Crippen LogP contribution in [0.25, 0.3) is 0 Å². The minimum Gasteiger partial charge on any atom is -0.486 e. The molecule has 1 aromatic rings. The molecule has 1 aliphatic carbocycles. The molecule has 0 spiro atoms. The number of hydrogen-bond donors (Lipinski definition) is 2. The monoisotopic (exact) mass is 290 g/mol. The Labute approximate surface area is 124 Å². The maximum atomic E-state index is 12.4. The number of benzene rings is 1. The molecule has 1 aromatic carbocycles. The predicted molar refractivity (Wildman–Crippen MR) is 81.6 cm³/mol. The molecular weight excluding hydrogens is 268 g/mol. The molecule has 1 aliphatic heterocycles. The number of carbonyl (C=O) groups is 1. The van der Waals surface area contributed by atoms with E-state index < -0.39 is 0 Å². The van der Waals surface area contributed by atoms with Crippen molar-refractivity contribution in [2.24, 2.45) is 11.8 Å². The van der Waals surface area contributed by atoms with Crippen molar-refractivity contribution in [3.8, 4) is 11.5 Å². The number of fused-ring (bicyclic) bond motifs is 1. The fourth-order valence-corrected chi connectivity index (χ4v) is 2.97.